The fraction of sp³-hybridized carbons (Fsp3) is 0.588. The molecule has 1 saturated heterocycles. The highest BCUT2D eigenvalue weighted by atomic mass is 16.4. The predicted octanol–water partition coefficient (Wildman–Crippen LogP) is 3.34. The van der Waals surface area contributed by atoms with Gasteiger partial charge in [-0.2, -0.15) is 0 Å². The van der Waals surface area contributed by atoms with E-state index >= 15 is 0 Å². The molecular weight excluding hydrogens is 250 g/mol. The average molecular weight is 275 g/mol. The summed E-state index contributed by atoms with van der Waals surface area (Å²) in [4.78, 5) is 14.0. The average Bonchev–Trinajstić information content (AvgIpc) is 2.75. The smallest absolute Gasteiger partial charge is 0.323 e. The number of hydrogen-bond acceptors (Lipinski definition) is 2. The van der Waals surface area contributed by atoms with Crippen molar-refractivity contribution in [2.75, 3.05) is 13.1 Å². The van der Waals surface area contributed by atoms with Crippen LogP contribution in [0.4, 0.5) is 0 Å². The molecule has 0 amide bonds. The predicted molar refractivity (Wildman–Crippen MR) is 80.8 cm³/mol. The Morgan fingerprint density at radius 2 is 1.75 bits per heavy atom. The quantitative estimate of drug-likeness (QED) is 0.896. The summed E-state index contributed by atoms with van der Waals surface area (Å²) in [5.41, 5.74) is 0.481. The zero-order valence-electron chi connectivity index (χ0n) is 12.3. The molecule has 2 rings (SSSR count). The van der Waals surface area contributed by atoms with Gasteiger partial charge in [-0.15, -0.1) is 0 Å². The fourth-order valence-corrected chi connectivity index (χ4v) is 3.00. The number of aryl methyl sites for hydroxylation is 1. The lowest BCUT2D eigenvalue weighted by molar-refractivity contribution is -0.151. The van der Waals surface area contributed by atoms with Gasteiger partial charge in [-0.05, 0) is 51.3 Å². The van der Waals surface area contributed by atoms with Gasteiger partial charge >= 0.3 is 5.97 Å². The molecule has 0 aliphatic carbocycles. The van der Waals surface area contributed by atoms with Crippen molar-refractivity contribution in [3.63, 3.8) is 0 Å². The lowest BCUT2D eigenvalue weighted by atomic mass is 9.91. The topological polar surface area (TPSA) is 40.5 Å². The van der Waals surface area contributed by atoms with Crippen LogP contribution in [-0.4, -0.2) is 34.6 Å². The van der Waals surface area contributed by atoms with E-state index in [0.717, 1.165) is 32.4 Å². The van der Waals surface area contributed by atoms with Gasteiger partial charge in [0, 0.05) is 0 Å². The van der Waals surface area contributed by atoms with Crippen molar-refractivity contribution < 1.29 is 9.90 Å². The number of likely N-dealkylation sites (tertiary alicyclic amines) is 1. The van der Waals surface area contributed by atoms with E-state index < -0.39 is 11.5 Å². The molecule has 3 heteroatoms. The van der Waals surface area contributed by atoms with Crippen LogP contribution in [0.15, 0.2) is 30.3 Å². The molecule has 0 aromatic heterocycles. The van der Waals surface area contributed by atoms with Gasteiger partial charge in [0.2, 0.25) is 0 Å². The monoisotopic (exact) mass is 275 g/mol. The largest absolute Gasteiger partial charge is 0.480 e. The molecule has 0 radical (unpaired) electrons. The highest BCUT2D eigenvalue weighted by molar-refractivity contribution is 5.78. The second-order valence-electron chi connectivity index (χ2n) is 5.97. The maximum Gasteiger partial charge on any atom is 0.323 e. The van der Waals surface area contributed by atoms with E-state index in [4.69, 9.17) is 0 Å². The minimum Gasteiger partial charge on any atom is -0.480 e. The Morgan fingerprint density at radius 1 is 1.15 bits per heavy atom. The molecule has 1 aliphatic heterocycles. The normalized spacial score (nSPS) is 20.1. The van der Waals surface area contributed by atoms with Crippen LogP contribution in [0, 0.1) is 0 Å². The first-order chi connectivity index (χ1) is 9.63. The van der Waals surface area contributed by atoms with E-state index in [1.165, 1.54) is 18.4 Å². The first kappa shape index (κ1) is 15.0. The van der Waals surface area contributed by atoms with Crippen molar-refractivity contribution in [2.45, 2.75) is 51.0 Å². The third kappa shape index (κ3) is 3.60. The molecule has 0 spiro atoms. The van der Waals surface area contributed by atoms with Crippen molar-refractivity contribution in [1.29, 1.82) is 0 Å². The minimum absolute atomic E-state index is 0.673. The van der Waals surface area contributed by atoms with Crippen LogP contribution in [0.5, 0.6) is 0 Å². The van der Waals surface area contributed by atoms with Gasteiger partial charge in [0.25, 0.3) is 0 Å². The maximum absolute atomic E-state index is 11.8. The first-order valence-corrected chi connectivity index (χ1v) is 7.65. The fourth-order valence-electron chi connectivity index (χ4n) is 3.00. The minimum atomic E-state index is -0.736. The highest BCUT2D eigenvalue weighted by Gasteiger charge is 2.38. The number of aliphatic carboxylic acids is 1. The zero-order valence-corrected chi connectivity index (χ0v) is 12.3. The first-order valence-electron chi connectivity index (χ1n) is 7.65. The zero-order chi connectivity index (χ0) is 14.4. The number of hydrogen-bond donors (Lipinski definition) is 1. The molecular formula is C17H25NO2. The third-order valence-corrected chi connectivity index (χ3v) is 4.51. The van der Waals surface area contributed by atoms with E-state index in [1.54, 1.807) is 0 Å². The number of carbonyl (C=O) groups is 1. The van der Waals surface area contributed by atoms with Gasteiger partial charge in [0.15, 0.2) is 0 Å². The number of nitrogens with zero attached hydrogens (tertiary/aromatic N) is 1. The van der Waals surface area contributed by atoms with E-state index in [-0.39, 0.29) is 0 Å². The number of carboxylic acids is 1. The summed E-state index contributed by atoms with van der Waals surface area (Å²) in [6.07, 6.45) is 6.19. The molecule has 0 saturated carbocycles. The Hall–Kier alpha value is -1.35. The summed E-state index contributed by atoms with van der Waals surface area (Å²) >= 11 is 0. The highest BCUT2D eigenvalue weighted by Crippen LogP contribution is 2.26. The van der Waals surface area contributed by atoms with Crippen molar-refractivity contribution in [3.8, 4) is 0 Å². The molecule has 20 heavy (non-hydrogen) atoms. The third-order valence-electron chi connectivity index (χ3n) is 4.51. The maximum atomic E-state index is 11.8. The summed E-state index contributed by atoms with van der Waals surface area (Å²) in [6, 6.07) is 10.2. The molecule has 1 aromatic carbocycles. The van der Waals surface area contributed by atoms with Gasteiger partial charge in [-0.3, -0.25) is 9.69 Å². The van der Waals surface area contributed by atoms with Gasteiger partial charge < -0.3 is 5.11 Å². The second kappa shape index (κ2) is 6.89. The Balaban J connectivity index is 2.06. The van der Waals surface area contributed by atoms with Crippen LogP contribution in [0.2, 0.25) is 0 Å². The van der Waals surface area contributed by atoms with E-state index in [9.17, 15) is 9.90 Å². The number of benzene rings is 1. The van der Waals surface area contributed by atoms with E-state index in [2.05, 4.69) is 17.0 Å². The van der Waals surface area contributed by atoms with Crippen LogP contribution in [0.1, 0.15) is 44.6 Å². The molecule has 1 unspecified atom stereocenters. The van der Waals surface area contributed by atoms with Gasteiger partial charge in [0.1, 0.15) is 5.54 Å². The van der Waals surface area contributed by atoms with Crippen molar-refractivity contribution in [2.24, 2.45) is 0 Å². The molecule has 1 heterocycles. The Kier molecular flexibility index (Phi) is 5.18. The van der Waals surface area contributed by atoms with E-state index in [1.807, 2.05) is 25.1 Å². The number of carboxylic acid groups (broad SMARTS) is 1. The van der Waals surface area contributed by atoms with Gasteiger partial charge in [-0.25, -0.2) is 0 Å². The Labute approximate surface area is 121 Å². The Bertz CT molecular complexity index is 424. The van der Waals surface area contributed by atoms with Crippen LogP contribution >= 0.6 is 0 Å². The standard InChI is InChI=1S/C17H25NO2/c1-17(16(19)20,18-13-7-2-3-8-14-18)12-11-15-9-5-4-6-10-15/h4-6,9-10H,2-3,7-8,11-14H2,1H3,(H,19,20). The molecule has 1 atom stereocenters. The lowest BCUT2D eigenvalue weighted by Crippen LogP contribution is -2.53. The summed E-state index contributed by atoms with van der Waals surface area (Å²) in [5, 5.41) is 9.71. The molecule has 1 aliphatic rings. The molecule has 1 aromatic rings. The summed E-state index contributed by atoms with van der Waals surface area (Å²) in [5.74, 6) is -0.685. The molecule has 1 N–H and O–H groups in total. The number of rotatable bonds is 5. The van der Waals surface area contributed by atoms with Crippen molar-refractivity contribution >= 4 is 5.97 Å². The van der Waals surface area contributed by atoms with Crippen molar-refractivity contribution in [3.05, 3.63) is 35.9 Å². The van der Waals surface area contributed by atoms with Crippen LogP contribution in [0.3, 0.4) is 0 Å². The van der Waals surface area contributed by atoms with Gasteiger partial charge in [-0.1, -0.05) is 43.2 Å². The van der Waals surface area contributed by atoms with Crippen LogP contribution in [-0.2, 0) is 11.2 Å². The van der Waals surface area contributed by atoms with Gasteiger partial charge in [0.05, 0.1) is 0 Å². The Morgan fingerprint density at radius 3 is 2.30 bits per heavy atom. The van der Waals surface area contributed by atoms with Crippen LogP contribution < -0.4 is 0 Å². The van der Waals surface area contributed by atoms with Crippen molar-refractivity contribution in [1.82, 2.24) is 4.90 Å². The molecule has 110 valence electrons. The SMILES string of the molecule is CC(CCc1ccccc1)(C(=O)O)N1CCCCCC1. The summed E-state index contributed by atoms with van der Waals surface area (Å²) in [6.45, 7) is 3.72. The molecule has 3 nitrogen and oxygen atoms in total. The molecule has 0 bridgehead atoms. The lowest BCUT2D eigenvalue weighted by Gasteiger charge is -2.37. The molecule has 1 fully saturated rings. The summed E-state index contributed by atoms with van der Waals surface area (Å²) < 4.78 is 0. The van der Waals surface area contributed by atoms with E-state index in [0.29, 0.717) is 6.42 Å². The second-order valence-corrected chi connectivity index (χ2v) is 5.97. The summed E-state index contributed by atoms with van der Waals surface area (Å²) in [7, 11) is 0. The van der Waals surface area contributed by atoms with Crippen LogP contribution in [0.25, 0.3) is 0 Å².